The van der Waals surface area contributed by atoms with Gasteiger partial charge in [-0.3, -0.25) is 4.79 Å². The first-order chi connectivity index (χ1) is 9.54. The first kappa shape index (κ1) is 17.7. The number of carbonyl (C=O) groups excluding carboxylic acids is 1. The molecule has 0 aliphatic heterocycles. The molecule has 0 spiro atoms. The molecule has 0 fully saturated rings. The second-order valence-corrected chi connectivity index (χ2v) is 7.91. The Bertz CT molecular complexity index is 616. The summed E-state index contributed by atoms with van der Waals surface area (Å²) in [6.07, 6.45) is 0. The van der Waals surface area contributed by atoms with Crippen LogP contribution in [-0.4, -0.2) is 27.4 Å². The Morgan fingerprint density at radius 2 is 1.76 bits per heavy atom. The second kappa shape index (κ2) is 6.58. The summed E-state index contributed by atoms with van der Waals surface area (Å²) in [5.41, 5.74) is 1.11. The molecule has 0 aliphatic carbocycles. The number of benzene rings is 1. The second-order valence-electron chi connectivity index (χ2n) is 6.17. The van der Waals surface area contributed by atoms with Crippen LogP contribution in [0.5, 0.6) is 0 Å². The Balaban J connectivity index is 2.63. The van der Waals surface area contributed by atoms with Crippen molar-refractivity contribution in [2.24, 2.45) is 5.41 Å². The van der Waals surface area contributed by atoms with Crippen LogP contribution in [0.15, 0.2) is 23.1 Å². The Labute approximate surface area is 127 Å². The lowest BCUT2D eigenvalue weighted by Gasteiger charge is -2.17. The topological polar surface area (TPSA) is 75.3 Å². The molecular formula is C15H24N2O3S. The molecule has 1 aromatic carbocycles. The fraction of sp³-hybridized carbons (Fsp3) is 0.533. The molecule has 0 bridgehead atoms. The lowest BCUT2D eigenvalue weighted by molar-refractivity contribution is -0.128. The summed E-state index contributed by atoms with van der Waals surface area (Å²) in [7, 11) is -3.55. The van der Waals surface area contributed by atoms with Gasteiger partial charge in [-0.2, -0.15) is 0 Å². The van der Waals surface area contributed by atoms with Crippen LogP contribution in [0.2, 0.25) is 0 Å². The summed E-state index contributed by atoms with van der Waals surface area (Å²) in [6, 6.07) is 5.30. The predicted octanol–water partition coefficient (Wildman–Crippen LogP) is 1.74. The molecule has 118 valence electrons. The van der Waals surface area contributed by atoms with Gasteiger partial charge in [0.15, 0.2) is 0 Å². The largest absolute Gasteiger partial charge is 0.354 e. The molecule has 0 unspecified atom stereocenters. The highest BCUT2D eigenvalue weighted by atomic mass is 32.2. The monoisotopic (exact) mass is 312 g/mol. The molecule has 1 rings (SSSR count). The number of hydrogen-bond donors (Lipinski definition) is 2. The molecule has 0 aliphatic rings. The van der Waals surface area contributed by atoms with Crippen molar-refractivity contribution in [3.63, 3.8) is 0 Å². The number of rotatable bonds is 5. The minimum atomic E-state index is -3.55. The van der Waals surface area contributed by atoms with Crippen LogP contribution in [0.25, 0.3) is 0 Å². The van der Waals surface area contributed by atoms with E-state index >= 15 is 0 Å². The van der Waals surface area contributed by atoms with Crippen molar-refractivity contribution in [3.8, 4) is 0 Å². The molecule has 0 heterocycles. The molecule has 6 heteroatoms. The molecule has 2 N–H and O–H groups in total. The van der Waals surface area contributed by atoms with Gasteiger partial charge in [-0.15, -0.1) is 0 Å². The average Bonchev–Trinajstić information content (AvgIpc) is 2.36. The van der Waals surface area contributed by atoms with Gasteiger partial charge < -0.3 is 5.32 Å². The molecule has 1 aromatic rings. The Kier molecular flexibility index (Phi) is 5.53. The zero-order valence-electron chi connectivity index (χ0n) is 13.3. The van der Waals surface area contributed by atoms with Crippen LogP contribution in [-0.2, 0) is 14.8 Å². The predicted molar refractivity (Wildman–Crippen MR) is 83.6 cm³/mol. The van der Waals surface area contributed by atoms with Crippen molar-refractivity contribution in [1.29, 1.82) is 0 Å². The standard InChI is InChI=1S/C15H24N2O3S/c1-11-6-7-12(2)13(10-11)21(19,20)17-9-8-16-14(18)15(3,4)5/h6-7,10,17H,8-9H2,1-5H3,(H,16,18). The molecule has 0 atom stereocenters. The van der Waals surface area contributed by atoms with Gasteiger partial charge >= 0.3 is 0 Å². The minimum absolute atomic E-state index is 0.103. The van der Waals surface area contributed by atoms with Gasteiger partial charge in [-0.25, -0.2) is 13.1 Å². The van der Waals surface area contributed by atoms with Crippen LogP contribution in [0, 0.1) is 19.3 Å². The fourth-order valence-electron chi connectivity index (χ4n) is 1.70. The smallest absolute Gasteiger partial charge is 0.240 e. The van der Waals surface area contributed by atoms with E-state index in [0.717, 1.165) is 5.56 Å². The number of sulfonamides is 1. The molecule has 0 saturated carbocycles. The third-order valence-electron chi connectivity index (χ3n) is 3.02. The van der Waals surface area contributed by atoms with Crippen LogP contribution >= 0.6 is 0 Å². The van der Waals surface area contributed by atoms with Gasteiger partial charge in [0.25, 0.3) is 0 Å². The maximum atomic E-state index is 12.2. The highest BCUT2D eigenvalue weighted by Gasteiger charge is 2.21. The Morgan fingerprint density at radius 3 is 2.33 bits per heavy atom. The van der Waals surface area contributed by atoms with Gasteiger partial charge in [0.2, 0.25) is 15.9 Å². The first-order valence-corrected chi connectivity index (χ1v) is 8.37. The Morgan fingerprint density at radius 1 is 1.14 bits per heavy atom. The van der Waals surface area contributed by atoms with E-state index in [1.54, 1.807) is 19.1 Å². The molecule has 21 heavy (non-hydrogen) atoms. The van der Waals surface area contributed by atoms with E-state index in [2.05, 4.69) is 10.0 Å². The molecule has 0 radical (unpaired) electrons. The quantitative estimate of drug-likeness (QED) is 0.813. The number of nitrogens with one attached hydrogen (secondary N) is 2. The lowest BCUT2D eigenvalue weighted by atomic mass is 9.96. The SMILES string of the molecule is Cc1ccc(C)c(S(=O)(=O)NCCNC(=O)C(C)(C)C)c1. The molecular weight excluding hydrogens is 288 g/mol. The van der Waals surface area contributed by atoms with Crippen molar-refractivity contribution >= 4 is 15.9 Å². The first-order valence-electron chi connectivity index (χ1n) is 6.89. The van der Waals surface area contributed by atoms with Gasteiger partial charge in [-0.05, 0) is 31.0 Å². The fourth-order valence-corrected chi connectivity index (χ4v) is 3.06. The highest BCUT2D eigenvalue weighted by molar-refractivity contribution is 7.89. The third-order valence-corrected chi connectivity index (χ3v) is 4.62. The van der Waals surface area contributed by atoms with Gasteiger partial charge in [0, 0.05) is 18.5 Å². The number of aryl methyl sites for hydroxylation is 2. The maximum Gasteiger partial charge on any atom is 0.240 e. The van der Waals surface area contributed by atoms with Crippen molar-refractivity contribution < 1.29 is 13.2 Å². The summed E-state index contributed by atoms with van der Waals surface area (Å²) in [4.78, 5) is 12.0. The van der Waals surface area contributed by atoms with E-state index in [9.17, 15) is 13.2 Å². The van der Waals surface area contributed by atoms with Crippen molar-refractivity contribution in [2.75, 3.05) is 13.1 Å². The number of hydrogen-bond acceptors (Lipinski definition) is 3. The molecule has 0 saturated heterocycles. The number of amides is 1. The highest BCUT2D eigenvalue weighted by Crippen LogP contribution is 2.16. The summed E-state index contributed by atoms with van der Waals surface area (Å²) in [5, 5.41) is 2.71. The zero-order chi connectivity index (χ0) is 16.3. The van der Waals surface area contributed by atoms with E-state index in [4.69, 9.17) is 0 Å². The van der Waals surface area contributed by atoms with Crippen molar-refractivity contribution in [2.45, 2.75) is 39.5 Å². The lowest BCUT2D eigenvalue weighted by Crippen LogP contribution is -2.39. The van der Waals surface area contributed by atoms with E-state index in [1.165, 1.54) is 0 Å². The summed E-state index contributed by atoms with van der Waals surface area (Å²) in [5.74, 6) is -0.103. The van der Waals surface area contributed by atoms with Crippen LogP contribution in [0.4, 0.5) is 0 Å². The van der Waals surface area contributed by atoms with Crippen molar-refractivity contribution in [1.82, 2.24) is 10.0 Å². The minimum Gasteiger partial charge on any atom is -0.354 e. The maximum absolute atomic E-state index is 12.2. The van der Waals surface area contributed by atoms with Crippen molar-refractivity contribution in [3.05, 3.63) is 29.3 Å². The summed E-state index contributed by atoms with van der Waals surface area (Å²) >= 11 is 0. The van der Waals surface area contributed by atoms with E-state index in [0.29, 0.717) is 5.56 Å². The Hall–Kier alpha value is -1.40. The molecule has 0 aromatic heterocycles. The third kappa shape index (κ3) is 5.13. The van der Waals surface area contributed by atoms with Crippen LogP contribution in [0.1, 0.15) is 31.9 Å². The van der Waals surface area contributed by atoms with E-state index < -0.39 is 15.4 Å². The van der Waals surface area contributed by atoms with Gasteiger partial charge in [0.1, 0.15) is 0 Å². The van der Waals surface area contributed by atoms with E-state index in [-0.39, 0.29) is 23.9 Å². The average molecular weight is 312 g/mol. The van der Waals surface area contributed by atoms with Gasteiger partial charge in [0.05, 0.1) is 4.90 Å². The summed E-state index contributed by atoms with van der Waals surface area (Å²) < 4.78 is 27.0. The number of carbonyl (C=O) groups is 1. The molecule has 5 nitrogen and oxygen atoms in total. The normalized spacial score (nSPS) is 12.2. The summed E-state index contributed by atoms with van der Waals surface area (Å²) in [6.45, 7) is 9.46. The van der Waals surface area contributed by atoms with Gasteiger partial charge in [-0.1, -0.05) is 32.9 Å². The van der Waals surface area contributed by atoms with E-state index in [1.807, 2.05) is 33.8 Å². The molecule has 1 amide bonds. The van der Waals surface area contributed by atoms with Crippen LogP contribution < -0.4 is 10.0 Å². The van der Waals surface area contributed by atoms with Crippen LogP contribution in [0.3, 0.4) is 0 Å². The zero-order valence-corrected chi connectivity index (χ0v) is 14.1.